The Kier molecular flexibility index (Phi) is 4.93. The monoisotopic (exact) mass is 434 g/mol. The summed E-state index contributed by atoms with van der Waals surface area (Å²) in [5, 5.41) is 11.5. The number of aryl methyl sites for hydroxylation is 2. The fourth-order valence-electron chi connectivity index (χ4n) is 4.18. The third kappa shape index (κ3) is 3.52. The first-order chi connectivity index (χ1) is 15.4. The summed E-state index contributed by atoms with van der Waals surface area (Å²) >= 11 is 0. The van der Waals surface area contributed by atoms with Gasteiger partial charge in [-0.05, 0) is 32.5 Å². The summed E-state index contributed by atoms with van der Waals surface area (Å²) < 4.78 is 16.0. The van der Waals surface area contributed by atoms with Crippen LogP contribution in [0, 0.1) is 12.7 Å². The van der Waals surface area contributed by atoms with Crippen molar-refractivity contribution in [1.29, 1.82) is 0 Å². The van der Waals surface area contributed by atoms with E-state index in [1.807, 2.05) is 7.05 Å². The molecule has 1 amide bonds. The highest BCUT2D eigenvalue weighted by atomic mass is 19.1. The first-order valence-corrected chi connectivity index (χ1v) is 10.4. The molecule has 1 aliphatic heterocycles. The van der Waals surface area contributed by atoms with Crippen molar-refractivity contribution in [2.45, 2.75) is 19.4 Å². The summed E-state index contributed by atoms with van der Waals surface area (Å²) in [6, 6.07) is 3.34. The number of halogens is 1. The summed E-state index contributed by atoms with van der Waals surface area (Å²) in [6.07, 6.45) is 5.96. The largest absolute Gasteiger partial charge is 0.354 e. The highest BCUT2D eigenvalue weighted by Gasteiger charge is 2.25. The van der Waals surface area contributed by atoms with E-state index in [0.29, 0.717) is 39.4 Å². The molecule has 0 radical (unpaired) electrons. The van der Waals surface area contributed by atoms with Crippen LogP contribution >= 0.6 is 0 Å². The van der Waals surface area contributed by atoms with Gasteiger partial charge in [0.2, 0.25) is 0 Å². The van der Waals surface area contributed by atoms with Gasteiger partial charge in [-0.3, -0.25) is 9.48 Å². The number of likely N-dealkylation sites (N-methyl/N-ethyl adjacent to an activating group) is 1. The smallest absolute Gasteiger partial charge is 0.259 e. The van der Waals surface area contributed by atoms with Gasteiger partial charge >= 0.3 is 0 Å². The van der Waals surface area contributed by atoms with E-state index in [1.54, 1.807) is 32.4 Å². The van der Waals surface area contributed by atoms with E-state index in [9.17, 15) is 9.18 Å². The molecule has 0 unspecified atom stereocenters. The molecule has 9 nitrogen and oxygen atoms in total. The van der Waals surface area contributed by atoms with E-state index in [4.69, 9.17) is 0 Å². The van der Waals surface area contributed by atoms with Gasteiger partial charge in [0.05, 0.1) is 16.5 Å². The summed E-state index contributed by atoms with van der Waals surface area (Å²) in [4.78, 5) is 28.8. The maximum absolute atomic E-state index is 14.4. The predicted molar refractivity (Wildman–Crippen MR) is 120 cm³/mol. The molecule has 164 valence electrons. The molecule has 1 fully saturated rings. The van der Waals surface area contributed by atoms with Gasteiger partial charge in [0, 0.05) is 55.8 Å². The Hall–Kier alpha value is -3.66. The lowest BCUT2D eigenvalue weighted by Crippen LogP contribution is -2.30. The topological polar surface area (TPSA) is 101 Å². The van der Waals surface area contributed by atoms with E-state index >= 15 is 0 Å². The highest BCUT2D eigenvalue weighted by molar-refractivity contribution is 6.13. The quantitative estimate of drug-likeness (QED) is 0.509. The molecule has 1 aromatic carbocycles. The minimum Gasteiger partial charge on any atom is -0.354 e. The zero-order valence-corrected chi connectivity index (χ0v) is 18.1. The molecule has 3 aromatic heterocycles. The Morgan fingerprint density at radius 2 is 2.06 bits per heavy atom. The number of pyridine rings is 1. The second-order valence-electron chi connectivity index (χ2n) is 8.05. The van der Waals surface area contributed by atoms with Crippen molar-refractivity contribution in [3.63, 3.8) is 0 Å². The number of rotatable bonds is 4. The number of nitrogens with zero attached hydrogens (tertiary/aromatic N) is 6. The number of carbonyl (C=O) groups is 1. The molecule has 10 heteroatoms. The lowest BCUT2D eigenvalue weighted by Gasteiger charge is -2.20. The van der Waals surface area contributed by atoms with Crippen molar-refractivity contribution in [2.24, 2.45) is 7.05 Å². The minimum absolute atomic E-state index is 0.260. The molecule has 0 aliphatic carbocycles. The number of carbonyl (C=O) groups excluding carboxylic acids is 1. The molecular formula is C22H23FN8O. The van der Waals surface area contributed by atoms with E-state index in [-0.39, 0.29) is 5.52 Å². The molecule has 4 aromatic rings. The predicted octanol–water partition coefficient (Wildman–Crippen LogP) is 2.41. The Balaban J connectivity index is 1.52. The second-order valence-corrected chi connectivity index (χ2v) is 8.05. The van der Waals surface area contributed by atoms with E-state index in [2.05, 4.69) is 35.6 Å². The van der Waals surface area contributed by atoms with Crippen LogP contribution in [0.5, 0.6) is 0 Å². The lowest BCUT2D eigenvalue weighted by atomic mass is 10.1. The van der Waals surface area contributed by atoms with Crippen molar-refractivity contribution >= 4 is 39.2 Å². The van der Waals surface area contributed by atoms with Crippen molar-refractivity contribution in [3.05, 3.63) is 47.9 Å². The highest BCUT2D eigenvalue weighted by Crippen LogP contribution is 2.29. The molecule has 5 rings (SSSR count). The zero-order valence-electron chi connectivity index (χ0n) is 18.1. The van der Waals surface area contributed by atoms with E-state index < -0.39 is 11.7 Å². The van der Waals surface area contributed by atoms with Crippen molar-refractivity contribution in [3.8, 4) is 0 Å². The minimum atomic E-state index is -0.497. The molecule has 0 saturated carbocycles. The van der Waals surface area contributed by atoms with E-state index in [1.165, 1.54) is 16.9 Å². The van der Waals surface area contributed by atoms with Crippen LogP contribution in [0.3, 0.4) is 0 Å². The average Bonchev–Trinajstić information content (AvgIpc) is 3.39. The van der Waals surface area contributed by atoms with E-state index in [0.717, 1.165) is 25.3 Å². The summed E-state index contributed by atoms with van der Waals surface area (Å²) in [5.41, 5.74) is 1.43. The number of aromatic nitrogens is 5. The Bertz CT molecular complexity index is 1350. The Morgan fingerprint density at radius 1 is 1.22 bits per heavy atom. The zero-order chi connectivity index (χ0) is 22.4. The van der Waals surface area contributed by atoms with Gasteiger partial charge in [0.25, 0.3) is 5.91 Å². The molecule has 4 heterocycles. The summed E-state index contributed by atoms with van der Waals surface area (Å²) in [5.74, 6) is 0.408. The first kappa shape index (κ1) is 20.3. The van der Waals surface area contributed by atoms with Crippen LogP contribution < -0.4 is 15.5 Å². The van der Waals surface area contributed by atoms with Gasteiger partial charge in [-0.15, -0.1) is 0 Å². The van der Waals surface area contributed by atoms with Crippen LogP contribution in [0.25, 0.3) is 21.8 Å². The van der Waals surface area contributed by atoms with Gasteiger partial charge in [-0.25, -0.2) is 19.3 Å². The Morgan fingerprint density at radius 3 is 2.84 bits per heavy atom. The average molecular weight is 434 g/mol. The molecule has 0 bridgehead atoms. The summed E-state index contributed by atoms with van der Waals surface area (Å²) in [7, 11) is 3.67. The summed E-state index contributed by atoms with van der Waals surface area (Å²) in [6.45, 7) is 3.46. The van der Waals surface area contributed by atoms with Gasteiger partial charge in [0.1, 0.15) is 17.2 Å². The molecule has 1 atom stereocenters. The standard InChI is InChI=1S/C22H23FN8O/c1-12-25-8-16-20(27-12)17(9-26-21(16)31-5-4-14(11-31)24-2)22(32)28-15-6-13-10-30(3)29-19(13)18(23)7-15/h6-10,14,24H,4-5,11H2,1-3H3,(H,28,32)/t14-/m0/s1. The number of benzene rings is 1. The normalized spacial score (nSPS) is 16.2. The van der Waals surface area contributed by atoms with Gasteiger partial charge in [-0.2, -0.15) is 5.10 Å². The van der Waals surface area contributed by atoms with Crippen LogP contribution in [-0.4, -0.2) is 56.8 Å². The fraction of sp³-hybridized carbons (Fsp3) is 0.318. The second kappa shape index (κ2) is 7.79. The van der Waals surface area contributed by atoms with Crippen LogP contribution in [0.2, 0.25) is 0 Å². The van der Waals surface area contributed by atoms with Crippen LogP contribution in [0.4, 0.5) is 15.9 Å². The maximum atomic E-state index is 14.4. The van der Waals surface area contributed by atoms with Crippen molar-refractivity contribution in [2.75, 3.05) is 30.4 Å². The SMILES string of the molecule is CN[C@H]1CCN(c2ncc(C(=O)Nc3cc(F)c4nn(C)cc4c3)c3nc(C)ncc23)C1. The fourth-order valence-corrected chi connectivity index (χ4v) is 4.18. The van der Waals surface area contributed by atoms with Gasteiger partial charge < -0.3 is 15.5 Å². The van der Waals surface area contributed by atoms with Crippen molar-refractivity contribution in [1.82, 2.24) is 30.0 Å². The number of hydrogen-bond donors (Lipinski definition) is 2. The molecule has 0 spiro atoms. The number of nitrogens with one attached hydrogen (secondary N) is 2. The third-order valence-electron chi connectivity index (χ3n) is 5.80. The molecule has 2 N–H and O–H groups in total. The van der Waals surface area contributed by atoms with Crippen LogP contribution in [0.1, 0.15) is 22.6 Å². The molecular weight excluding hydrogens is 411 g/mol. The first-order valence-electron chi connectivity index (χ1n) is 10.4. The molecule has 32 heavy (non-hydrogen) atoms. The van der Waals surface area contributed by atoms with Crippen LogP contribution in [-0.2, 0) is 7.05 Å². The third-order valence-corrected chi connectivity index (χ3v) is 5.80. The van der Waals surface area contributed by atoms with Gasteiger partial charge in [-0.1, -0.05) is 0 Å². The number of anilines is 2. The molecule has 1 saturated heterocycles. The van der Waals surface area contributed by atoms with Gasteiger partial charge in [0.15, 0.2) is 5.82 Å². The molecule has 1 aliphatic rings. The number of amides is 1. The van der Waals surface area contributed by atoms with Crippen molar-refractivity contribution < 1.29 is 9.18 Å². The maximum Gasteiger partial charge on any atom is 0.259 e. The number of hydrogen-bond acceptors (Lipinski definition) is 7. The van der Waals surface area contributed by atoms with Crippen LogP contribution in [0.15, 0.2) is 30.7 Å². The number of fused-ring (bicyclic) bond motifs is 2. The Labute approximate surface area is 183 Å². The lowest BCUT2D eigenvalue weighted by molar-refractivity contribution is 0.102.